The van der Waals surface area contributed by atoms with Crippen LogP contribution in [0.5, 0.6) is 0 Å². The number of rotatable bonds is 2. The van der Waals surface area contributed by atoms with Crippen molar-refractivity contribution in [2.45, 2.75) is 13.8 Å². The van der Waals surface area contributed by atoms with Crippen LogP contribution in [0.15, 0.2) is 12.5 Å². The molecule has 0 saturated carbocycles. The van der Waals surface area contributed by atoms with Crippen LogP contribution < -0.4 is 5.32 Å². The maximum Gasteiger partial charge on any atom is 0.275 e. The van der Waals surface area contributed by atoms with Crippen molar-refractivity contribution in [1.82, 2.24) is 19.7 Å². The molecule has 84 valence electrons. The number of amides is 1. The summed E-state index contributed by atoms with van der Waals surface area (Å²) in [6.45, 7) is 3.81. The number of carbonyl (C=O) groups excluding carboxylic acids is 1. The zero-order valence-electron chi connectivity index (χ0n) is 9.40. The van der Waals surface area contributed by atoms with E-state index < -0.39 is 0 Å². The first-order valence-electron chi connectivity index (χ1n) is 4.89. The Morgan fingerprint density at radius 1 is 1.50 bits per heavy atom. The molecule has 0 atom stereocenters. The minimum absolute atomic E-state index is 0.213. The summed E-state index contributed by atoms with van der Waals surface area (Å²) in [5, 5.41) is 9.56. The Hall–Kier alpha value is -2.11. The summed E-state index contributed by atoms with van der Waals surface area (Å²) in [4.78, 5) is 15.7. The summed E-state index contributed by atoms with van der Waals surface area (Å²) in [6.07, 6.45) is 3.10. The molecule has 1 amide bonds. The lowest BCUT2D eigenvalue weighted by atomic mass is 10.3. The van der Waals surface area contributed by atoms with Crippen molar-refractivity contribution in [2.24, 2.45) is 7.05 Å². The van der Waals surface area contributed by atoms with Gasteiger partial charge in [0.25, 0.3) is 5.91 Å². The van der Waals surface area contributed by atoms with E-state index in [2.05, 4.69) is 20.5 Å². The molecular formula is C10H13N5O. The Bertz CT molecular complexity index is 525. The van der Waals surface area contributed by atoms with E-state index in [0.717, 1.165) is 11.3 Å². The lowest BCUT2D eigenvalue weighted by molar-refractivity contribution is 0.101. The van der Waals surface area contributed by atoms with Crippen LogP contribution in [0.25, 0.3) is 0 Å². The molecule has 0 radical (unpaired) electrons. The second-order valence-electron chi connectivity index (χ2n) is 3.67. The summed E-state index contributed by atoms with van der Waals surface area (Å²) in [5.41, 5.74) is 2.39. The Morgan fingerprint density at radius 3 is 2.75 bits per heavy atom. The highest BCUT2D eigenvalue weighted by molar-refractivity contribution is 6.02. The molecule has 0 unspecified atom stereocenters. The molecule has 2 rings (SSSR count). The Labute approximate surface area is 92.7 Å². The van der Waals surface area contributed by atoms with E-state index in [1.165, 1.54) is 6.20 Å². The monoisotopic (exact) mass is 219 g/mol. The summed E-state index contributed by atoms with van der Waals surface area (Å²) in [7, 11) is 1.77. The van der Waals surface area contributed by atoms with Crippen molar-refractivity contribution in [3.05, 3.63) is 29.5 Å². The van der Waals surface area contributed by atoms with Crippen molar-refractivity contribution >= 4 is 11.7 Å². The molecule has 6 heteroatoms. The van der Waals surface area contributed by atoms with Crippen molar-refractivity contribution in [1.29, 1.82) is 0 Å². The highest BCUT2D eigenvalue weighted by atomic mass is 16.2. The third-order valence-electron chi connectivity index (χ3n) is 2.53. The zero-order chi connectivity index (χ0) is 11.7. The van der Waals surface area contributed by atoms with Crippen LogP contribution >= 0.6 is 0 Å². The van der Waals surface area contributed by atoms with Crippen molar-refractivity contribution in [3.8, 4) is 0 Å². The van der Waals surface area contributed by atoms with Gasteiger partial charge in [0.05, 0.1) is 12.5 Å². The third-order valence-corrected chi connectivity index (χ3v) is 2.53. The van der Waals surface area contributed by atoms with Gasteiger partial charge in [0.1, 0.15) is 5.69 Å². The van der Waals surface area contributed by atoms with Gasteiger partial charge in [-0.3, -0.25) is 9.89 Å². The summed E-state index contributed by atoms with van der Waals surface area (Å²) < 4.78 is 1.66. The largest absolute Gasteiger partial charge is 0.330 e. The van der Waals surface area contributed by atoms with E-state index in [-0.39, 0.29) is 5.91 Å². The number of imidazole rings is 1. The Kier molecular flexibility index (Phi) is 2.47. The second kappa shape index (κ2) is 3.80. The number of anilines is 1. The van der Waals surface area contributed by atoms with Crippen LogP contribution in [0.3, 0.4) is 0 Å². The van der Waals surface area contributed by atoms with Crippen LogP contribution in [0.1, 0.15) is 21.7 Å². The second-order valence-corrected chi connectivity index (χ2v) is 3.67. The van der Waals surface area contributed by atoms with Crippen molar-refractivity contribution < 1.29 is 4.79 Å². The van der Waals surface area contributed by atoms with Crippen LogP contribution in [-0.2, 0) is 7.05 Å². The highest BCUT2D eigenvalue weighted by Gasteiger charge is 2.13. The molecule has 0 saturated heterocycles. The van der Waals surface area contributed by atoms with Gasteiger partial charge in [0, 0.05) is 18.3 Å². The highest BCUT2D eigenvalue weighted by Crippen LogP contribution is 2.14. The third kappa shape index (κ3) is 1.69. The first kappa shape index (κ1) is 10.4. The molecule has 6 nitrogen and oxygen atoms in total. The smallest absolute Gasteiger partial charge is 0.275 e. The summed E-state index contributed by atoms with van der Waals surface area (Å²) >= 11 is 0. The molecule has 0 fully saturated rings. The van der Waals surface area contributed by atoms with Gasteiger partial charge in [-0.1, -0.05) is 0 Å². The van der Waals surface area contributed by atoms with E-state index in [0.29, 0.717) is 11.5 Å². The fourth-order valence-corrected chi connectivity index (χ4v) is 1.35. The summed E-state index contributed by atoms with van der Waals surface area (Å²) in [6, 6.07) is 0. The quantitative estimate of drug-likeness (QED) is 0.791. The number of nitrogens with one attached hydrogen (secondary N) is 2. The first-order chi connectivity index (χ1) is 7.59. The molecule has 0 spiro atoms. The topological polar surface area (TPSA) is 75.6 Å². The van der Waals surface area contributed by atoms with Crippen LogP contribution in [0, 0.1) is 13.8 Å². The zero-order valence-corrected chi connectivity index (χ0v) is 9.40. The molecule has 2 aromatic heterocycles. The van der Waals surface area contributed by atoms with Crippen molar-refractivity contribution in [2.75, 3.05) is 5.32 Å². The van der Waals surface area contributed by atoms with Crippen molar-refractivity contribution in [3.63, 3.8) is 0 Å². The fraction of sp³-hybridized carbons (Fsp3) is 0.300. The van der Waals surface area contributed by atoms with Gasteiger partial charge in [0.15, 0.2) is 5.82 Å². The summed E-state index contributed by atoms with van der Waals surface area (Å²) in [5.74, 6) is 0.346. The number of H-pyrrole nitrogens is 1. The standard InChI is InChI=1S/C10H13N5O/c1-6-7(2)13-14-9(6)12-10(16)8-4-11-5-15(8)3/h4-5H,1-3H3,(H2,12,13,14,16). The number of hydrogen-bond acceptors (Lipinski definition) is 3. The lowest BCUT2D eigenvalue weighted by Gasteiger charge is -2.03. The molecule has 0 aliphatic heterocycles. The van der Waals surface area contributed by atoms with E-state index in [9.17, 15) is 4.79 Å². The van der Waals surface area contributed by atoms with Gasteiger partial charge in [-0.05, 0) is 13.8 Å². The number of aryl methyl sites for hydroxylation is 2. The molecule has 0 aromatic carbocycles. The molecule has 2 heterocycles. The van der Waals surface area contributed by atoms with E-state index in [4.69, 9.17) is 0 Å². The predicted molar refractivity (Wildman–Crippen MR) is 59.2 cm³/mol. The Morgan fingerprint density at radius 2 is 2.25 bits per heavy atom. The fourth-order valence-electron chi connectivity index (χ4n) is 1.35. The molecule has 2 aromatic rings. The average Bonchev–Trinajstić information content (AvgIpc) is 2.79. The average molecular weight is 219 g/mol. The van der Waals surface area contributed by atoms with Crippen LogP contribution in [-0.4, -0.2) is 25.7 Å². The van der Waals surface area contributed by atoms with E-state index >= 15 is 0 Å². The van der Waals surface area contributed by atoms with Gasteiger partial charge >= 0.3 is 0 Å². The maximum atomic E-state index is 11.8. The predicted octanol–water partition coefficient (Wildman–Crippen LogP) is 1.01. The molecule has 0 aliphatic carbocycles. The molecule has 0 bridgehead atoms. The SMILES string of the molecule is Cc1[nH]nc(NC(=O)c2cncn2C)c1C. The first-order valence-corrected chi connectivity index (χ1v) is 4.89. The minimum Gasteiger partial charge on any atom is -0.330 e. The number of aromatic nitrogens is 4. The molecule has 2 N–H and O–H groups in total. The number of nitrogens with zero attached hydrogens (tertiary/aromatic N) is 3. The van der Waals surface area contributed by atoms with Crippen LogP contribution in [0.4, 0.5) is 5.82 Å². The Balaban J connectivity index is 2.20. The number of aromatic amines is 1. The van der Waals surface area contributed by atoms with Gasteiger partial charge in [0.2, 0.25) is 0 Å². The lowest BCUT2D eigenvalue weighted by Crippen LogP contribution is -2.16. The van der Waals surface area contributed by atoms with Gasteiger partial charge in [-0.15, -0.1) is 0 Å². The van der Waals surface area contributed by atoms with E-state index in [1.54, 1.807) is 17.9 Å². The molecule has 16 heavy (non-hydrogen) atoms. The van der Waals surface area contributed by atoms with Crippen LogP contribution in [0.2, 0.25) is 0 Å². The number of hydrogen-bond donors (Lipinski definition) is 2. The molecular weight excluding hydrogens is 206 g/mol. The number of carbonyl (C=O) groups is 1. The van der Waals surface area contributed by atoms with Gasteiger partial charge < -0.3 is 9.88 Å². The minimum atomic E-state index is -0.213. The maximum absolute atomic E-state index is 11.8. The van der Waals surface area contributed by atoms with Gasteiger partial charge in [-0.2, -0.15) is 5.10 Å². The van der Waals surface area contributed by atoms with E-state index in [1.807, 2.05) is 13.8 Å². The normalized spacial score (nSPS) is 10.4. The molecule has 0 aliphatic rings. The van der Waals surface area contributed by atoms with Gasteiger partial charge in [-0.25, -0.2) is 4.98 Å².